The Bertz CT molecular complexity index is 436. The third-order valence-electron chi connectivity index (χ3n) is 1.58. The zero-order valence-corrected chi connectivity index (χ0v) is 9.76. The van der Waals surface area contributed by atoms with Crippen LogP contribution in [0.25, 0.3) is 10.1 Å². The van der Waals surface area contributed by atoms with Crippen LogP contribution in [0.15, 0.2) is 26.5 Å². The minimum Gasteiger partial charge on any atom is -0.206 e. The van der Waals surface area contributed by atoms with Crippen LogP contribution in [-0.2, 0) is 0 Å². The van der Waals surface area contributed by atoms with E-state index in [2.05, 4.69) is 31.9 Å². The van der Waals surface area contributed by atoms with E-state index < -0.39 is 0 Å². The van der Waals surface area contributed by atoms with E-state index >= 15 is 0 Å². The van der Waals surface area contributed by atoms with Gasteiger partial charge in [-0.25, -0.2) is 4.39 Å². The Hall–Kier alpha value is 0.0700. The largest absolute Gasteiger partial charge is 0.206 e. The lowest BCUT2D eigenvalue weighted by Gasteiger charge is -1.98. The summed E-state index contributed by atoms with van der Waals surface area (Å²) in [6.07, 6.45) is 0. The smallest absolute Gasteiger partial charge is 0.139 e. The van der Waals surface area contributed by atoms with Crippen LogP contribution in [0.5, 0.6) is 0 Å². The molecule has 0 aliphatic rings. The lowest BCUT2D eigenvalue weighted by molar-refractivity contribution is 0.623. The molecule has 62 valence electrons. The average Bonchev–Trinajstić information content (AvgIpc) is 2.48. The first kappa shape index (κ1) is 8.66. The van der Waals surface area contributed by atoms with Gasteiger partial charge in [-0.05, 0) is 49.4 Å². The Morgan fingerprint density at radius 2 is 2.08 bits per heavy atom. The lowest BCUT2D eigenvalue weighted by atomic mass is 10.2. The number of benzene rings is 1. The molecule has 0 saturated heterocycles. The molecule has 0 nitrogen and oxygen atoms in total. The maximum absolute atomic E-state index is 13.1. The molecule has 0 amide bonds. The summed E-state index contributed by atoms with van der Waals surface area (Å²) >= 11 is 8.11. The van der Waals surface area contributed by atoms with E-state index in [0.717, 1.165) is 14.6 Å². The molecule has 1 aromatic carbocycles. The number of hydrogen-bond acceptors (Lipinski definition) is 1. The van der Waals surface area contributed by atoms with Crippen molar-refractivity contribution in [2.75, 3.05) is 0 Å². The lowest BCUT2D eigenvalue weighted by Crippen LogP contribution is -1.77. The molecular formula is C8H3Br2FS. The van der Waals surface area contributed by atoms with Crippen molar-refractivity contribution in [1.82, 2.24) is 0 Å². The molecular weight excluding hydrogens is 307 g/mol. The highest BCUT2D eigenvalue weighted by Crippen LogP contribution is 2.35. The maximum Gasteiger partial charge on any atom is 0.139 e. The molecule has 0 atom stereocenters. The quantitative estimate of drug-likeness (QED) is 0.626. The number of rotatable bonds is 0. The van der Waals surface area contributed by atoms with Crippen molar-refractivity contribution < 1.29 is 4.39 Å². The van der Waals surface area contributed by atoms with Crippen molar-refractivity contribution in [3.05, 3.63) is 32.3 Å². The van der Waals surface area contributed by atoms with Gasteiger partial charge in [0, 0.05) is 14.6 Å². The molecule has 0 radical (unpaired) electrons. The minimum absolute atomic E-state index is 0.229. The van der Waals surface area contributed by atoms with Gasteiger partial charge in [0.15, 0.2) is 0 Å². The van der Waals surface area contributed by atoms with Gasteiger partial charge in [0.1, 0.15) is 5.82 Å². The van der Waals surface area contributed by atoms with E-state index in [0.29, 0.717) is 4.47 Å². The maximum atomic E-state index is 13.1. The summed E-state index contributed by atoms with van der Waals surface area (Å²) in [5.41, 5.74) is 0. The normalized spacial score (nSPS) is 10.9. The van der Waals surface area contributed by atoms with Gasteiger partial charge >= 0.3 is 0 Å². The van der Waals surface area contributed by atoms with E-state index in [1.54, 1.807) is 11.3 Å². The number of hydrogen-bond donors (Lipinski definition) is 0. The molecule has 0 unspecified atom stereocenters. The highest BCUT2D eigenvalue weighted by Gasteiger charge is 2.08. The molecule has 4 heteroatoms. The predicted octanol–water partition coefficient (Wildman–Crippen LogP) is 4.57. The Balaban J connectivity index is 2.97. The topological polar surface area (TPSA) is 0 Å². The number of fused-ring (bicyclic) bond motifs is 1. The highest BCUT2D eigenvalue weighted by atomic mass is 79.9. The van der Waals surface area contributed by atoms with Crippen molar-refractivity contribution in [3.63, 3.8) is 0 Å². The van der Waals surface area contributed by atoms with E-state index in [1.165, 1.54) is 6.07 Å². The Morgan fingerprint density at radius 1 is 1.33 bits per heavy atom. The van der Waals surface area contributed by atoms with Gasteiger partial charge in [0.2, 0.25) is 0 Å². The average molecular weight is 310 g/mol. The monoisotopic (exact) mass is 308 g/mol. The third kappa shape index (κ3) is 1.22. The summed E-state index contributed by atoms with van der Waals surface area (Å²) in [5.74, 6) is -0.229. The zero-order chi connectivity index (χ0) is 8.72. The first-order chi connectivity index (χ1) is 5.70. The minimum atomic E-state index is -0.229. The Morgan fingerprint density at radius 3 is 2.83 bits per heavy atom. The van der Waals surface area contributed by atoms with Crippen LogP contribution >= 0.6 is 43.2 Å². The first-order valence-electron chi connectivity index (χ1n) is 3.21. The van der Waals surface area contributed by atoms with E-state index in [9.17, 15) is 4.39 Å². The van der Waals surface area contributed by atoms with Gasteiger partial charge in [-0.1, -0.05) is 0 Å². The SMILES string of the molecule is Fc1cc(Br)c2sccc2c1Br. The van der Waals surface area contributed by atoms with E-state index in [4.69, 9.17) is 0 Å². The number of halogens is 3. The molecule has 1 aromatic heterocycles. The van der Waals surface area contributed by atoms with Crippen molar-refractivity contribution in [2.24, 2.45) is 0 Å². The molecule has 12 heavy (non-hydrogen) atoms. The fraction of sp³-hybridized carbons (Fsp3) is 0. The van der Waals surface area contributed by atoms with Crippen molar-refractivity contribution in [2.45, 2.75) is 0 Å². The summed E-state index contributed by atoms with van der Waals surface area (Å²) in [6.45, 7) is 0. The second kappa shape index (κ2) is 3.09. The summed E-state index contributed by atoms with van der Waals surface area (Å²) in [7, 11) is 0. The van der Waals surface area contributed by atoms with Gasteiger partial charge in [0.25, 0.3) is 0 Å². The van der Waals surface area contributed by atoms with Crippen LogP contribution in [0.2, 0.25) is 0 Å². The molecule has 0 fully saturated rings. The second-order valence-electron chi connectivity index (χ2n) is 2.32. The van der Waals surface area contributed by atoms with Crippen LogP contribution < -0.4 is 0 Å². The molecule has 0 bridgehead atoms. The summed E-state index contributed by atoms with van der Waals surface area (Å²) in [5, 5.41) is 2.87. The van der Waals surface area contributed by atoms with Crippen LogP contribution in [0.1, 0.15) is 0 Å². The summed E-state index contributed by atoms with van der Waals surface area (Å²) < 4.78 is 15.5. The predicted molar refractivity (Wildman–Crippen MR) is 57.2 cm³/mol. The van der Waals surface area contributed by atoms with Crippen LogP contribution in [-0.4, -0.2) is 0 Å². The van der Waals surface area contributed by atoms with Gasteiger partial charge in [0.05, 0.1) is 4.47 Å². The first-order valence-corrected chi connectivity index (χ1v) is 5.67. The molecule has 0 aliphatic heterocycles. The van der Waals surface area contributed by atoms with Crippen molar-refractivity contribution >= 4 is 53.3 Å². The van der Waals surface area contributed by atoms with Crippen molar-refractivity contribution in [3.8, 4) is 0 Å². The van der Waals surface area contributed by atoms with Gasteiger partial charge < -0.3 is 0 Å². The molecule has 0 spiro atoms. The molecule has 0 N–H and O–H groups in total. The molecule has 0 saturated carbocycles. The summed E-state index contributed by atoms with van der Waals surface area (Å²) in [6, 6.07) is 3.38. The standard InChI is InChI=1S/C8H3Br2FS/c9-5-3-6(11)7(10)4-1-2-12-8(4)5/h1-3H. The number of thiophene rings is 1. The van der Waals surface area contributed by atoms with Crippen LogP contribution in [0, 0.1) is 5.82 Å². The zero-order valence-electron chi connectivity index (χ0n) is 5.77. The fourth-order valence-electron chi connectivity index (χ4n) is 1.04. The van der Waals surface area contributed by atoms with Gasteiger partial charge in [-0.15, -0.1) is 11.3 Å². The van der Waals surface area contributed by atoms with Crippen LogP contribution in [0.4, 0.5) is 4.39 Å². The molecule has 2 aromatic rings. The molecule has 2 rings (SSSR count). The Labute approximate surface area is 89.7 Å². The van der Waals surface area contributed by atoms with Crippen LogP contribution in [0.3, 0.4) is 0 Å². The van der Waals surface area contributed by atoms with E-state index in [1.807, 2.05) is 11.4 Å². The van der Waals surface area contributed by atoms with Gasteiger partial charge in [-0.2, -0.15) is 0 Å². The van der Waals surface area contributed by atoms with Gasteiger partial charge in [-0.3, -0.25) is 0 Å². The van der Waals surface area contributed by atoms with E-state index in [-0.39, 0.29) is 5.82 Å². The van der Waals surface area contributed by atoms with Crippen molar-refractivity contribution in [1.29, 1.82) is 0 Å². The molecule has 1 heterocycles. The fourth-order valence-corrected chi connectivity index (χ4v) is 3.12. The molecule has 0 aliphatic carbocycles. The Kier molecular flexibility index (Phi) is 2.23. The highest BCUT2D eigenvalue weighted by molar-refractivity contribution is 9.11. The second-order valence-corrected chi connectivity index (χ2v) is 4.88. The summed E-state index contributed by atoms with van der Waals surface area (Å²) in [4.78, 5) is 0. The third-order valence-corrected chi connectivity index (χ3v) is 4.22.